The molecule has 0 heterocycles. The summed E-state index contributed by atoms with van der Waals surface area (Å²) < 4.78 is 68.8. The second-order valence-electron chi connectivity index (χ2n) is 31.1. The molecule has 0 amide bonds. The largest absolute Gasteiger partial charge is 0.472 e. The zero-order chi connectivity index (χ0) is 75.1. The van der Waals surface area contributed by atoms with Crippen LogP contribution in [0.5, 0.6) is 0 Å². The number of phosphoric ester groups is 2. The smallest absolute Gasteiger partial charge is 0.462 e. The van der Waals surface area contributed by atoms with E-state index < -0.39 is 97.5 Å². The van der Waals surface area contributed by atoms with Gasteiger partial charge in [0.1, 0.15) is 19.3 Å². The summed E-state index contributed by atoms with van der Waals surface area (Å²) in [5, 5.41) is 10.7. The molecule has 0 bridgehead atoms. The molecule has 0 rings (SSSR count). The first-order chi connectivity index (χ1) is 49.3. The van der Waals surface area contributed by atoms with Crippen molar-refractivity contribution < 1.29 is 80.2 Å². The van der Waals surface area contributed by atoms with E-state index in [0.29, 0.717) is 31.6 Å². The Morgan fingerprint density at radius 1 is 0.284 bits per heavy atom. The van der Waals surface area contributed by atoms with Crippen LogP contribution in [0.15, 0.2) is 0 Å². The van der Waals surface area contributed by atoms with E-state index in [-0.39, 0.29) is 25.7 Å². The number of aliphatic hydroxyl groups is 1. The highest BCUT2D eigenvalue weighted by molar-refractivity contribution is 7.47. The van der Waals surface area contributed by atoms with Crippen LogP contribution in [0.25, 0.3) is 0 Å². The summed E-state index contributed by atoms with van der Waals surface area (Å²) in [6, 6.07) is 0. The summed E-state index contributed by atoms with van der Waals surface area (Å²) in [6.45, 7) is 12.0. The average molecular weight is 1490 g/mol. The third kappa shape index (κ3) is 74.9. The van der Waals surface area contributed by atoms with Crippen molar-refractivity contribution in [3.8, 4) is 0 Å². The molecule has 0 aromatic carbocycles. The maximum atomic E-state index is 13.1. The molecule has 0 saturated carbocycles. The zero-order valence-electron chi connectivity index (χ0n) is 67.1. The minimum absolute atomic E-state index is 0.106. The van der Waals surface area contributed by atoms with Crippen LogP contribution in [0, 0.1) is 17.8 Å². The molecule has 0 spiro atoms. The Hall–Kier alpha value is -1.94. The molecule has 0 aliphatic heterocycles. The fraction of sp³-hybridized carbons (Fsp3) is 0.952. The van der Waals surface area contributed by atoms with E-state index in [2.05, 4.69) is 48.5 Å². The van der Waals surface area contributed by atoms with Crippen LogP contribution in [0.2, 0.25) is 0 Å². The van der Waals surface area contributed by atoms with Crippen molar-refractivity contribution >= 4 is 39.5 Å². The predicted octanol–water partition coefficient (Wildman–Crippen LogP) is 24.9. The van der Waals surface area contributed by atoms with Gasteiger partial charge in [-0.05, 0) is 43.4 Å². The molecule has 0 fully saturated rings. The highest BCUT2D eigenvalue weighted by Gasteiger charge is 2.30. The SMILES string of the molecule is CCCCCCCCCCCCCCCCCCCC(=O)OC[C@H](COP(=O)(O)OC[C@@H](O)COP(=O)(O)OC[C@@H](COC(=O)CCCCCCCCCC(C)C)OC(=O)CCCCCCCCCCCCC(C)CC)OC(=O)CCCCCCCCCCCCCCCCCCCCC(C)C. The number of hydrogen-bond donors (Lipinski definition) is 3. The molecule has 6 atom stereocenters. The minimum Gasteiger partial charge on any atom is -0.462 e. The van der Waals surface area contributed by atoms with Crippen molar-refractivity contribution in [3.63, 3.8) is 0 Å². The highest BCUT2D eigenvalue weighted by atomic mass is 31.2. The number of rotatable bonds is 81. The normalized spacial score (nSPS) is 14.2. The maximum Gasteiger partial charge on any atom is 0.472 e. The van der Waals surface area contributed by atoms with Gasteiger partial charge in [0.25, 0.3) is 0 Å². The van der Waals surface area contributed by atoms with E-state index in [4.69, 9.17) is 37.0 Å². The quantitative estimate of drug-likeness (QED) is 0.0222. The Bertz CT molecular complexity index is 1980. The first-order valence-electron chi connectivity index (χ1n) is 42.9. The molecule has 606 valence electrons. The van der Waals surface area contributed by atoms with E-state index in [9.17, 15) is 43.2 Å². The summed E-state index contributed by atoms with van der Waals surface area (Å²) >= 11 is 0. The first kappa shape index (κ1) is 100. The lowest BCUT2D eigenvalue weighted by atomic mass is 9.99. The molecule has 3 N–H and O–H groups in total. The van der Waals surface area contributed by atoms with E-state index in [1.54, 1.807) is 0 Å². The minimum atomic E-state index is -4.96. The molecular weight excluding hydrogens is 1330 g/mol. The first-order valence-corrected chi connectivity index (χ1v) is 45.9. The molecule has 0 radical (unpaired) electrons. The molecule has 19 heteroatoms. The fourth-order valence-electron chi connectivity index (χ4n) is 12.8. The second kappa shape index (κ2) is 73.2. The molecular formula is C83H162O17P2. The average Bonchev–Trinajstić information content (AvgIpc) is 0.905. The summed E-state index contributed by atoms with van der Waals surface area (Å²) in [5.74, 6) is 0.219. The number of carbonyl (C=O) groups excluding carboxylic acids is 4. The Morgan fingerprint density at radius 2 is 0.500 bits per heavy atom. The van der Waals surface area contributed by atoms with E-state index >= 15 is 0 Å². The topological polar surface area (TPSA) is 237 Å². The lowest BCUT2D eigenvalue weighted by Gasteiger charge is -2.21. The molecule has 0 saturated heterocycles. The Kier molecular flexibility index (Phi) is 71.8. The number of esters is 4. The standard InChI is InChI=1S/C83H162O17P2/c1-8-10-11-12-13-14-15-16-17-20-24-27-30-36-43-50-57-64-80(85)93-70-78(99-82(87)66-59-52-44-37-31-28-25-22-19-18-21-23-26-29-34-40-47-54-61-74(3)4)72-97-101(89,90)95-68-77(84)69-96-102(91,92)98-73-79(71-94-81(86)65-58-51-46-39-41-48-55-62-75(5)6)100-83(88)67-60-53-45-38-33-32-35-42-49-56-63-76(7)9-2/h74-79,84H,8-73H2,1-7H3,(H,89,90)(H,91,92)/t76?,77-,78-,79-/m1/s1. The number of carbonyl (C=O) groups is 4. The van der Waals surface area contributed by atoms with Crippen LogP contribution >= 0.6 is 15.6 Å². The van der Waals surface area contributed by atoms with E-state index in [1.807, 2.05) is 0 Å². The van der Waals surface area contributed by atoms with Gasteiger partial charge < -0.3 is 33.8 Å². The van der Waals surface area contributed by atoms with Gasteiger partial charge in [0.05, 0.1) is 26.4 Å². The van der Waals surface area contributed by atoms with Gasteiger partial charge in [0, 0.05) is 25.7 Å². The third-order valence-electron chi connectivity index (χ3n) is 19.7. The molecule has 0 aromatic heterocycles. The third-order valence-corrected chi connectivity index (χ3v) is 21.6. The summed E-state index contributed by atoms with van der Waals surface area (Å²) in [7, 11) is -9.92. The maximum absolute atomic E-state index is 13.1. The lowest BCUT2D eigenvalue weighted by molar-refractivity contribution is -0.161. The number of hydrogen-bond acceptors (Lipinski definition) is 15. The van der Waals surface area contributed by atoms with Gasteiger partial charge in [-0.25, -0.2) is 9.13 Å². The summed E-state index contributed by atoms with van der Waals surface area (Å²) in [4.78, 5) is 73.1. The molecule has 102 heavy (non-hydrogen) atoms. The molecule has 0 aliphatic carbocycles. The van der Waals surface area contributed by atoms with Crippen LogP contribution < -0.4 is 0 Å². The number of unbranched alkanes of at least 4 members (excludes halogenated alkanes) is 48. The van der Waals surface area contributed by atoms with E-state index in [1.165, 1.54) is 238 Å². The van der Waals surface area contributed by atoms with Crippen LogP contribution in [-0.4, -0.2) is 96.7 Å². The molecule has 0 aliphatic rings. The molecule has 0 aromatic rings. The van der Waals surface area contributed by atoms with Gasteiger partial charge in [0.2, 0.25) is 0 Å². The monoisotopic (exact) mass is 1490 g/mol. The van der Waals surface area contributed by atoms with Gasteiger partial charge >= 0.3 is 39.5 Å². The number of ether oxygens (including phenoxy) is 4. The Balaban J connectivity index is 5.23. The van der Waals surface area contributed by atoms with Gasteiger partial charge in [-0.15, -0.1) is 0 Å². The van der Waals surface area contributed by atoms with Gasteiger partial charge in [-0.2, -0.15) is 0 Å². The predicted molar refractivity (Wildman–Crippen MR) is 418 cm³/mol. The van der Waals surface area contributed by atoms with Crippen molar-refractivity contribution in [1.82, 2.24) is 0 Å². The van der Waals surface area contributed by atoms with Gasteiger partial charge in [-0.3, -0.25) is 37.3 Å². The van der Waals surface area contributed by atoms with Crippen LogP contribution in [0.4, 0.5) is 0 Å². The summed E-state index contributed by atoms with van der Waals surface area (Å²) in [6.07, 6.45) is 62.5. The van der Waals surface area contributed by atoms with Gasteiger partial charge in [0.15, 0.2) is 12.2 Å². The number of aliphatic hydroxyl groups excluding tert-OH is 1. The summed E-state index contributed by atoms with van der Waals surface area (Å²) in [5.41, 5.74) is 0. The fourth-order valence-corrected chi connectivity index (χ4v) is 14.4. The second-order valence-corrected chi connectivity index (χ2v) is 34.0. The number of phosphoric acid groups is 2. The van der Waals surface area contributed by atoms with Crippen molar-refractivity contribution in [2.45, 2.75) is 452 Å². The van der Waals surface area contributed by atoms with Gasteiger partial charge in [-0.1, -0.05) is 382 Å². The lowest BCUT2D eigenvalue weighted by Crippen LogP contribution is -2.30. The molecule has 3 unspecified atom stereocenters. The van der Waals surface area contributed by atoms with Crippen molar-refractivity contribution in [1.29, 1.82) is 0 Å². The van der Waals surface area contributed by atoms with Crippen molar-refractivity contribution in [2.75, 3.05) is 39.6 Å². The zero-order valence-corrected chi connectivity index (χ0v) is 68.9. The van der Waals surface area contributed by atoms with Crippen LogP contribution in [0.3, 0.4) is 0 Å². The molecule has 17 nitrogen and oxygen atoms in total. The van der Waals surface area contributed by atoms with Crippen molar-refractivity contribution in [2.24, 2.45) is 17.8 Å². The van der Waals surface area contributed by atoms with E-state index in [0.717, 1.165) is 108 Å². The Morgan fingerprint density at radius 3 is 0.745 bits per heavy atom. The van der Waals surface area contributed by atoms with Crippen LogP contribution in [0.1, 0.15) is 434 Å². The highest BCUT2D eigenvalue weighted by Crippen LogP contribution is 2.45. The van der Waals surface area contributed by atoms with Crippen LogP contribution in [-0.2, 0) is 65.4 Å². The Labute approximate surface area is 626 Å². The van der Waals surface area contributed by atoms with Crippen molar-refractivity contribution in [3.05, 3.63) is 0 Å².